The molecule has 1 aliphatic heterocycles. The minimum Gasteiger partial charge on any atom is -0.493 e. The third-order valence-corrected chi connectivity index (χ3v) is 7.23. The van der Waals surface area contributed by atoms with Crippen LogP contribution >= 0.6 is 11.3 Å². The minimum atomic E-state index is -0.280. The number of rotatable bonds is 8. The van der Waals surface area contributed by atoms with Gasteiger partial charge in [-0.3, -0.25) is 9.69 Å². The lowest BCUT2D eigenvalue weighted by Crippen LogP contribution is -2.40. The van der Waals surface area contributed by atoms with E-state index < -0.39 is 0 Å². The highest BCUT2D eigenvalue weighted by Gasteiger charge is 2.32. The van der Waals surface area contributed by atoms with Gasteiger partial charge in [0.05, 0.1) is 46.8 Å². The van der Waals surface area contributed by atoms with Gasteiger partial charge in [0.15, 0.2) is 17.3 Å². The molecule has 34 heavy (non-hydrogen) atoms. The topological polar surface area (TPSA) is 82.4 Å². The predicted octanol–water partition coefficient (Wildman–Crippen LogP) is 4.66. The summed E-state index contributed by atoms with van der Waals surface area (Å²) in [4.78, 5) is 16.4. The second-order valence-electron chi connectivity index (χ2n) is 7.97. The van der Waals surface area contributed by atoms with Crippen LogP contribution in [0.15, 0.2) is 34.9 Å². The zero-order valence-electron chi connectivity index (χ0n) is 20.1. The van der Waals surface area contributed by atoms with Gasteiger partial charge in [0, 0.05) is 23.5 Å². The Kier molecular flexibility index (Phi) is 7.45. The summed E-state index contributed by atoms with van der Waals surface area (Å²) in [6.07, 6.45) is 1.49. The molecule has 0 unspecified atom stereocenters. The second-order valence-corrected chi connectivity index (χ2v) is 9.19. The fraction of sp³-hybridized carbons (Fsp3) is 0.400. The summed E-state index contributed by atoms with van der Waals surface area (Å²) in [5, 5.41) is 3.88. The van der Waals surface area contributed by atoms with Crippen molar-refractivity contribution in [2.45, 2.75) is 19.9 Å². The molecule has 0 aliphatic carbocycles. The van der Waals surface area contributed by atoms with Crippen LogP contribution in [0.25, 0.3) is 0 Å². The summed E-state index contributed by atoms with van der Waals surface area (Å²) in [6, 6.07) is 7.15. The molecule has 1 saturated heterocycles. The highest BCUT2D eigenvalue weighted by atomic mass is 32.1. The summed E-state index contributed by atoms with van der Waals surface area (Å²) in [5.74, 6) is 1.70. The summed E-state index contributed by atoms with van der Waals surface area (Å²) < 4.78 is 27.8. The fourth-order valence-corrected chi connectivity index (χ4v) is 5.38. The van der Waals surface area contributed by atoms with Crippen LogP contribution in [0.1, 0.15) is 38.2 Å². The molecule has 3 aromatic rings. The van der Waals surface area contributed by atoms with Gasteiger partial charge in [-0.1, -0.05) is 0 Å². The first-order valence-corrected chi connectivity index (χ1v) is 11.9. The number of benzene rings is 1. The SMILES string of the molecule is COc1cc([C@@H](c2c(NC(=O)c3ccco3)sc(C)c2C)N2CCOCC2)cc(OC)c1OC. The van der Waals surface area contributed by atoms with Crippen molar-refractivity contribution < 1.29 is 28.2 Å². The maximum Gasteiger partial charge on any atom is 0.291 e. The first-order chi connectivity index (χ1) is 16.5. The number of amides is 1. The van der Waals surface area contributed by atoms with Crippen molar-refractivity contribution in [3.05, 3.63) is 57.9 Å². The number of nitrogens with one attached hydrogen (secondary N) is 1. The van der Waals surface area contributed by atoms with Crippen LogP contribution in [0, 0.1) is 13.8 Å². The zero-order valence-corrected chi connectivity index (χ0v) is 20.9. The van der Waals surface area contributed by atoms with Gasteiger partial charge in [-0.25, -0.2) is 0 Å². The Morgan fingerprint density at radius 1 is 1.09 bits per heavy atom. The van der Waals surface area contributed by atoms with Crippen LogP contribution in [-0.2, 0) is 4.74 Å². The molecular formula is C25H30N2O6S. The maximum atomic E-state index is 12.9. The van der Waals surface area contributed by atoms with E-state index in [1.54, 1.807) is 44.8 Å². The number of furan rings is 1. The number of hydrogen-bond acceptors (Lipinski definition) is 8. The third kappa shape index (κ3) is 4.64. The van der Waals surface area contributed by atoms with Crippen molar-refractivity contribution in [3.63, 3.8) is 0 Å². The number of ether oxygens (including phenoxy) is 4. The monoisotopic (exact) mass is 486 g/mol. The molecule has 8 nitrogen and oxygen atoms in total. The Labute approximate surface area is 203 Å². The number of nitrogens with zero attached hydrogens (tertiary/aromatic N) is 1. The normalized spacial score (nSPS) is 15.1. The standard InChI is InChI=1S/C25H30N2O6S/c1-15-16(2)34-25(26-24(28)18-7-6-10-33-18)21(15)22(27-8-11-32-12-9-27)17-13-19(29-3)23(31-5)20(14-17)30-4/h6-7,10,13-14,22H,8-9,11-12H2,1-5H3,(H,26,28)/t22-/m0/s1. The predicted molar refractivity (Wildman–Crippen MR) is 131 cm³/mol. The molecule has 3 heterocycles. The van der Waals surface area contributed by atoms with E-state index in [9.17, 15) is 4.79 Å². The average molecular weight is 487 g/mol. The summed E-state index contributed by atoms with van der Waals surface area (Å²) in [7, 11) is 4.81. The Hall–Kier alpha value is -3.01. The second kappa shape index (κ2) is 10.5. The Morgan fingerprint density at radius 2 is 1.76 bits per heavy atom. The van der Waals surface area contributed by atoms with E-state index in [0.29, 0.717) is 30.5 Å². The number of aryl methyl sites for hydroxylation is 1. The quantitative estimate of drug-likeness (QED) is 0.496. The number of thiophene rings is 1. The van der Waals surface area contributed by atoms with Crippen LogP contribution in [0.3, 0.4) is 0 Å². The van der Waals surface area contributed by atoms with Crippen molar-refractivity contribution in [2.75, 3.05) is 52.9 Å². The van der Waals surface area contributed by atoms with Crippen LogP contribution < -0.4 is 19.5 Å². The Balaban J connectivity index is 1.86. The molecular weight excluding hydrogens is 456 g/mol. The molecule has 1 atom stereocenters. The van der Waals surface area contributed by atoms with Gasteiger partial charge in [-0.15, -0.1) is 11.3 Å². The van der Waals surface area contributed by atoms with E-state index in [4.69, 9.17) is 23.4 Å². The van der Waals surface area contributed by atoms with Crippen LogP contribution in [0.4, 0.5) is 5.00 Å². The molecule has 1 aromatic carbocycles. The van der Waals surface area contributed by atoms with Crippen molar-refractivity contribution in [3.8, 4) is 17.2 Å². The maximum absolute atomic E-state index is 12.9. The Morgan fingerprint density at radius 3 is 2.32 bits per heavy atom. The first-order valence-electron chi connectivity index (χ1n) is 11.0. The van der Waals surface area contributed by atoms with Gasteiger partial charge in [0.1, 0.15) is 5.00 Å². The largest absolute Gasteiger partial charge is 0.493 e. The smallest absolute Gasteiger partial charge is 0.291 e. The highest BCUT2D eigenvalue weighted by Crippen LogP contribution is 2.46. The molecule has 1 aliphatic rings. The van der Waals surface area contributed by atoms with Crippen molar-refractivity contribution >= 4 is 22.2 Å². The molecule has 182 valence electrons. The van der Waals surface area contributed by atoms with E-state index in [1.807, 2.05) is 12.1 Å². The van der Waals surface area contributed by atoms with Crippen LogP contribution in [0.2, 0.25) is 0 Å². The van der Waals surface area contributed by atoms with E-state index in [1.165, 1.54) is 6.26 Å². The van der Waals surface area contributed by atoms with Crippen molar-refractivity contribution in [1.82, 2.24) is 4.90 Å². The van der Waals surface area contributed by atoms with Gasteiger partial charge in [0.25, 0.3) is 5.91 Å². The number of morpholine rings is 1. The van der Waals surface area contributed by atoms with E-state index in [-0.39, 0.29) is 17.7 Å². The molecule has 1 amide bonds. The number of carbonyl (C=O) groups excluding carboxylic acids is 1. The van der Waals surface area contributed by atoms with Crippen molar-refractivity contribution in [1.29, 1.82) is 0 Å². The molecule has 0 bridgehead atoms. The molecule has 4 rings (SSSR count). The summed E-state index contributed by atoms with van der Waals surface area (Å²) in [6.45, 7) is 6.93. The molecule has 0 spiro atoms. The van der Waals surface area contributed by atoms with Crippen LogP contribution in [0.5, 0.6) is 17.2 Å². The lowest BCUT2D eigenvalue weighted by molar-refractivity contribution is 0.0239. The summed E-state index contributed by atoms with van der Waals surface area (Å²) in [5.41, 5.74) is 3.15. The molecule has 2 aromatic heterocycles. The highest BCUT2D eigenvalue weighted by molar-refractivity contribution is 7.16. The number of anilines is 1. The lowest BCUT2D eigenvalue weighted by Gasteiger charge is -2.36. The average Bonchev–Trinajstić information content (AvgIpc) is 3.49. The summed E-state index contributed by atoms with van der Waals surface area (Å²) >= 11 is 1.56. The van der Waals surface area contributed by atoms with Gasteiger partial charge in [-0.2, -0.15) is 0 Å². The molecule has 9 heteroatoms. The first kappa shape index (κ1) is 24.1. The third-order valence-electron chi connectivity index (χ3n) is 6.09. The molecule has 0 radical (unpaired) electrons. The van der Waals surface area contributed by atoms with Crippen molar-refractivity contribution in [2.24, 2.45) is 0 Å². The van der Waals surface area contributed by atoms with E-state index >= 15 is 0 Å². The van der Waals surface area contributed by atoms with Gasteiger partial charge in [-0.05, 0) is 49.2 Å². The van der Waals surface area contributed by atoms with Gasteiger partial charge < -0.3 is 28.7 Å². The van der Waals surface area contributed by atoms with E-state index in [2.05, 4.69) is 24.1 Å². The van der Waals surface area contributed by atoms with Gasteiger partial charge >= 0.3 is 0 Å². The Bertz CT molecular complexity index is 1110. The zero-order chi connectivity index (χ0) is 24.2. The van der Waals surface area contributed by atoms with Crippen LogP contribution in [-0.4, -0.2) is 58.4 Å². The molecule has 0 saturated carbocycles. The molecule has 1 N–H and O–H groups in total. The van der Waals surface area contributed by atoms with Gasteiger partial charge in [0.2, 0.25) is 5.75 Å². The number of hydrogen-bond donors (Lipinski definition) is 1. The van der Waals surface area contributed by atoms with E-state index in [0.717, 1.165) is 39.7 Å². The minimum absolute atomic E-state index is 0.158. The fourth-order valence-electron chi connectivity index (χ4n) is 4.29. The lowest BCUT2D eigenvalue weighted by atomic mass is 9.93. The number of methoxy groups -OCH3 is 3. The molecule has 1 fully saturated rings. The number of carbonyl (C=O) groups is 1.